The van der Waals surface area contributed by atoms with Gasteiger partial charge in [-0.15, -0.1) is 5.10 Å². The molecule has 4 N–H and O–H groups in total. The fourth-order valence-corrected chi connectivity index (χ4v) is 5.50. The molecule has 2 aliphatic heterocycles. The van der Waals surface area contributed by atoms with Crippen LogP contribution >= 0.6 is 0 Å². The smallest absolute Gasteiger partial charge is 0.242 e. The summed E-state index contributed by atoms with van der Waals surface area (Å²) in [4.78, 5) is 28.5. The van der Waals surface area contributed by atoms with E-state index in [2.05, 4.69) is 38.9 Å². The third-order valence-corrected chi connectivity index (χ3v) is 7.35. The predicted molar refractivity (Wildman–Crippen MR) is 122 cm³/mol. The molecule has 3 aliphatic rings. The number of tetrazole rings is 1. The van der Waals surface area contributed by atoms with Gasteiger partial charge in [0.1, 0.15) is 12.3 Å². The number of likely N-dealkylation sites (tertiary alicyclic amines) is 2. The zero-order chi connectivity index (χ0) is 23.8. The van der Waals surface area contributed by atoms with E-state index in [0.29, 0.717) is 31.3 Å². The zero-order valence-electron chi connectivity index (χ0n) is 19.0. The second-order valence-corrected chi connectivity index (χ2v) is 9.65. The summed E-state index contributed by atoms with van der Waals surface area (Å²) in [6.45, 7) is 3.00. The number of amides is 1. The number of hydrogen-bond acceptors (Lipinski definition) is 9. The molecule has 1 amide bonds. The number of nitriles is 1. The second kappa shape index (κ2) is 9.21. The van der Waals surface area contributed by atoms with Gasteiger partial charge in [-0.25, -0.2) is 5.10 Å². The molecule has 1 saturated carbocycles. The number of rotatable bonds is 8. The van der Waals surface area contributed by atoms with Crippen LogP contribution in [0.25, 0.3) is 11.4 Å². The number of carbonyl (C=O) groups excluding carboxylic acids is 2. The average molecular weight is 464 g/mol. The monoisotopic (exact) mass is 463 g/mol. The molecule has 1 aliphatic carbocycles. The Morgan fingerprint density at radius 2 is 2.26 bits per heavy atom. The number of nitrogens with two attached hydrogens (primary N) is 1. The van der Waals surface area contributed by atoms with Gasteiger partial charge in [-0.1, -0.05) is 18.2 Å². The van der Waals surface area contributed by atoms with Crippen LogP contribution in [0.4, 0.5) is 0 Å². The van der Waals surface area contributed by atoms with Crippen LogP contribution in [0.15, 0.2) is 24.3 Å². The van der Waals surface area contributed by atoms with Gasteiger partial charge >= 0.3 is 0 Å². The Morgan fingerprint density at radius 1 is 1.41 bits per heavy atom. The second-order valence-electron chi connectivity index (χ2n) is 9.65. The summed E-state index contributed by atoms with van der Waals surface area (Å²) in [5.41, 5.74) is 8.27. The lowest BCUT2D eigenvalue weighted by atomic mass is 10.0. The molecule has 2 saturated heterocycles. The zero-order valence-corrected chi connectivity index (χ0v) is 19.0. The van der Waals surface area contributed by atoms with Gasteiger partial charge in [0.2, 0.25) is 5.91 Å². The molecule has 0 bridgehead atoms. The molecule has 11 nitrogen and oxygen atoms in total. The van der Waals surface area contributed by atoms with Gasteiger partial charge in [0.25, 0.3) is 0 Å². The van der Waals surface area contributed by atoms with Crippen molar-refractivity contribution in [2.75, 3.05) is 13.1 Å². The first-order valence-corrected chi connectivity index (χ1v) is 11.7. The number of benzene rings is 1. The van der Waals surface area contributed by atoms with Crippen LogP contribution in [-0.4, -0.2) is 85.9 Å². The highest BCUT2D eigenvalue weighted by Crippen LogP contribution is 2.47. The van der Waals surface area contributed by atoms with Crippen molar-refractivity contribution >= 4 is 12.2 Å². The Kier molecular flexibility index (Phi) is 6.12. The molecule has 2 aromatic rings. The van der Waals surface area contributed by atoms with Gasteiger partial charge in [-0.05, 0) is 54.2 Å². The third-order valence-electron chi connectivity index (χ3n) is 7.35. The van der Waals surface area contributed by atoms with E-state index in [4.69, 9.17) is 5.73 Å². The van der Waals surface area contributed by atoms with Crippen molar-refractivity contribution in [2.24, 2.45) is 11.7 Å². The van der Waals surface area contributed by atoms with Crippen molar-refractivity contribution in [3.63, 3.8) is 0 Å². The maximum atomic E-state index is 13.0. The van der Waals surface area contributed by atoms with E-state index in [9.17, 15) is 14.9 Å². The Hall–Kier alpha value is -3.20. The van der Waals surface area contributed by atoms with Crippen LogP contribution in [0.5, 0.6) is 0 Å². The molecule has 11 heteroatoms. The minimum absolute atomic E-state index is 0.0381. The minimum Gasteiger partial charge on any atom is -0.322 e. The van der Waals surface area contributed by atoms with Crippen molar-refractivity contribution in [3.8, 4) is 17.5 Å². The fourth-order valence-electron chi connectivity index (χ4n) is 5.50. The molecule has 178 valence electrons. The molecule has 0 radical (unpaired) electrons. The summed E-state index contributed by atoms with van der Waals surface area (Å²) in [6, 6.07) is 9.08. The predicted octanol–water partition coefficient (Wildman–Crippen LogP) is -0.000620. The summed E-state index contributed by atoms with van der Waals surface area (Å²) in [7, 11) is 0. The van der Waals surface area contributed by atoms with Crippen molar-refractivity contribution in [2.45, 2.75) is 62.4 Å². The minimum atomic E-state index is -0.749. The van der Waals surface area contributed by atoms with Crippen LogP contribution < -0.4 is 11.1 Å². The fraction of sp³-hybridized carbons (Fsp3) is 0.565. The SMILES string of the molecule is CC(N[C@H]1CC(C=O)N(CC(N)C(=O)N2C(C#N)CC3CC32)C1)c1cccc(-c2nnn[nH]2)c1. The van der Waals surface area contributed by atoms with Gasteiger partial charge in [-0.3, -0.25) is 9.69 Å². The molecule has 7 atom stereocenters. The first-order valence-electron chi connectivity index (χ1n) is 11.7. The lowest BCUT2D eigenvalue weighted by Gasteiger charge is -2.29. The first kappa shape index (κ1) is 22.6. The summed E-state index contributed by atoms with van der Waals surface area (Å²) < 4.78 is 0. The van der Waals surface area contributed by atoms with E-state index >= 15 is 0 Å². The van der Waals surface area contributed by atoms with Gasteiger partial charge in [-0.2, -0.15) is 5.26 Å². The Bertz CT molecular complexity index is 1080. The molecule has 1 aromatic heterocycles. The van der Waals surface area contributed by atoms with E-state index in [1.165, 1.54) is 0 Å². The van der Waals surface area contributed by atoms with E-state index in [1.807, 2.05) is 29.2 Å². The molecular formula is C23H29N9O2. The summed E-state index contributed by atoms with van der Waals surface area (Å²) in [6.07, 6.45) is 3.30. The molecular weight excluding hydrogens is 434 g/mol. The third kappa shape index (κ3) is 4.32. The number of fused-ring (bicyclic) bond motifs is 1. The van der Waals surface area contributed by atoms with Crippen molar-refractivity contribution in [1.82, 2.24) is 35.7 Å². The molecule has 1 aromatic carbocycles. The van der Waals surface area contributed by atoms with E-state index in [1.54, 1.807) is 4.90 Å². The van der Waals surface area contributed by atoms with E-state index in [0.717, 1.165) is 30.3 Å². The van der Waals surface area contributed by atoms with Gasteiger partial charge in [0, 0.05) is 36.8 Å². The van der Waals surface area contributed by atoms with Crippen LogP contribution in [0.2, 0.25) is 0 Å². The molecule has 0 spiro atoms. The number of aromatic nitrogens is 4. The number of nitrogens with one attached hydrogen (secondary N) is 2. The highest BCUT2D eigenvalue weighted by molar-refractivity contribution is 5.83. The maximum Gasteiger partial charge on any atom is 0.242 e. The van der Waals surface area contributed by atoms with Crippen LogP contribution in [0, 0.1) is 17.2 Å². The topological polar surface area (TPSA) is 157 Å². The Morgan fingerprint density at radius 3 is 3.00 bits per heavy atom. The highest BCUT2D eigenvalue weighted by atomic mass is 16.2. The number of aromatic amines is 1. The molecule has 34 heavy (non-hydrogen) atoms. The lowest BCUT2D eigenvalue weighted by Crippen LogP contribution is -2.53. The quantitative estimate of drug-likeness (QED) is 0.458. The van der Waals surface area contributed by atoms with Crippen LogP contribution in [0.1, 0.15) is 37.8 Å². The molecule has 3 heterocycles. The number of aldehydes is 1. The largest absolute Gasteiger partial charge is 0.322 e. The van der Waals surface area contributed by atoms with Gasteiger partial charge in [0.05, 0.1) is 18.2 Å². The van der Waals surface area contributed by atoms with Crippen LogP contribution in [0.3, 0.4) is 0 Å². The Labute approximate surface area is 197 Å². The average Bonchev–Trinajstić information content (AvgIpc) is 3.22. The van der Waals surface area contributed by atoms with E-state index < -0.39 is 6.04 Å². The van der Waals surface area contributed by atoms with Gasteiger partial charge < -0.3 is 20.7 Å². The van der Waals surface area contributed by atoms with Crippen molar-refractivity contribution < 1.29 is 9.59 Å². The number of piperidine rings is 1. The summed E-state index contributed by atoms with van der Waals surface area (Å²) in [5.74, 6) is 0.879. The molecule has 5 rings (SSSR count). The molecule has 6 unspecified atom stereocenters. The molecule has 3 fully saturated rings. The highest BCUT2D eigenvalue weighted by Gasteiger charge is 2.54. The van der Waals surface area contributed by atoms with Gasteiger partial charge in [0.15, 0.2) is 5.82 Å². The number of carbonyl (C=O) groups is 2. The summed E-state index contributed by atoms with van der Waals surface area (Å²) >= 11 is 0. The van der Waals surface area contributed by atoms with Crippen LogP contribution in [-0.2, 0) is 9.59 Å². The first-order chi connectivity index (χ1) is 16.5. The maximum absolute atomic E-state index is 13.0. The Balaban J connectivity index is 1.20. The standard InChI is InChI=1S/C23H29N9O2/c1-13(14-3-2-4-15(5-14)22-27-29-30-28-22)26-17-8-19(12-33)31(10-17)11-20(25)23(34)32-18(9-24)6-16-7-21(16)32/h2-5,12-13,16-21,26H,6-8,10-11,25H2,1H3,(H,27,28,29,30)/t13?,16?,17-,18?,19?,20?,21?/m0/s1. The van der Waals surface area contributed by atoms with E-state index in [-0.39, 0.29) is 36.1 Å². The summed E-state index contributed by atoms with van der Waals surface area (Å²) in [5, 5.41) is 27.0. The number of nitrogens with zero attached hydrogens (tertiary/aromatic N) is 6. The normalized spacial score (nSPS) is 29.9. The lowest BCUT2D eigenvalue weighted by molar-refractivity contribution is -0.134. The number of hydrogen-bond donors (Lipinski definition) is 3. The number of H-pyrrole nitrogens is 1. The van der Waals surface area contributed by atoms with Crippen molar-refractivity contribution in [1.29, 1.82) is 5.26 Å². The van der Waals surface area contributed by atoms with Crippen molar-refractivity contribution in [3.05, 3.63) is 29.8 Å².